The van der Waals surface area contributed by atoms with E-state index in [1.165, 1.54) is 5.56 Å². The highest BCUT2D eigenvalue weighted by atomic mass is 32.2. The highest BCUT2D eigenvalue weighted by Gasteiger charge is 2.02. The molecule has 3 heteroatoms. The lowest BCUT2D eigenvalue weighted by atomic mass is 10.0. The molecule has 1 aromatic heterocycles. The average Bonchev–Trinajstić information content (AvgIpc) is 2.85. The Labute approximate surface area is 119 Å². The zero-order valence-electron chi connectivity index (χ0n) is 11.8. The van der Waals surface area contributed by atoms with Crippen LogP contribution < -0.4 is 5.32 Å². The smallest absolute Gasteiger partial charge is 0.123 e. The van der Waals surface area contributed by atoms with Crippen LogP contribution in [0, 0.1) is 0 Å². The molecule has 19 heavy (non-hydrogen) atoms. The Hall–Kier alpha value is -1.35. The quantitative estimate of drug-likeness (QED) is 0.813. The molecule has 2 nitrogen and oxygen atoms in total. The Bertz CT molecular complexity index is 502. The fraction of sp³-hybridized carbons (Fsp3) is 0.375. The van der Waals surface area contributed by atoms with Crippen molar-refractivity contribution in [2.75, 3.05) is 11.6 Å². The topological polar surface area (TPSA) is 25.2 Å². The predicted molar refractivity (Wildman–Crippen MR) is 83.8 cm³/mol. The van der Waals surface area contributed by atoms with E-state index < -0.39 is 0 Å². The molecule has 2 aromatic rings. The molecular weight excluding hydrogens is 254 g/mol. The molecule has 0 saturated carbocycles. The van der Waals surface area contributed by atoms with Gasteiger partial charge < -0.3 is 9.73 Å². The first-order valence-corrected chi connectivity index (χ1v) is 7.99. The molecule has 1 aromatic carbocycles. The van der Waals surface area contributed by atoms with Crippen molar-refractivity contribution in [1.29, 1.82) is 0 Å². The minimum absolute atomic E-state index is 0.577. The molecule has 0 unspecified atom stereocenters. The van der Waals surface area contributed by atoms with Crippen molar-refractivity contribution in [2.45, 2.75) is 32.1 Å². The van der Waals surface area contributed by atoms with Gasteiger partial charge in [-0.25, -0.2) is 0 Å². The molecular formula is C16H21NOS. The van der Waals surface area contributed by atoms with Gasteiger partial charge in [0.25, 0.3) is 0 Å². The molecule has 0 aliphatic heterocycles. The first-order chi connectivity index (χ1) is 9.19. The second-order valence-corrected chi connectivity index (χ2v) is 5.80. The van der Waals surface area contributed by atoms with Crippen LogP contribution in [0.3, 0.4) is 0 Å². The van der Waals surface area contributed by atoms with E-state index >= 15 is 0 Å². The van der Waals surface area contributed by atoms with E-state index in [2.05, 4.69) is 55.8 Å². The Balaban J connectivity index is 1.90. The van der Waals surface area contributed by atoms with Gasteiger partial charge in [-0.15, -0.1) is 0 Å². The van der Waals surface area contributed by atoms with Crippen LogP contribution in [0.2, 0.25) is 0 Å². The highest BCUT2D eigenvalue weighted by Crippen LogP contribution is 2.18. The SMILES string of the molecule is CSCc1ccc(CNc2ccc(C(C)C)cc2)o1. The zero-order chi connectivity index (χ0) is 13.7. The highest BCUT2D eigenvalue weighted by molar-refractivity contribution is 7.97. The fourth-order valence-corrected chi connectivity index (χ4v) is 2.35. The maximum Gasteiger partial charge on any atom is 0.123 e. The van der Waals surface area contributed by atoms with Gasteiger partial charge in [-0.1, -0.05) is 26.0 Å². The van der Waals surface area contributed by atoms with Crippen LogP contribution in [0.25, 0.3) is 0 Å². The Morgan fingerprint density at radius 3 is 2.37 bits per heavy atom. The van der Waals surface area contributed by atoms with E-state index in [4.69, 9.17) is 4.42 Å². The first kappa shape index (κ1) is 14.1. The van der Waals surface area contributed by atoms with Gasteiger partial charge in [-0.2, -0.15) is 11.8 Å². The molecule has 0 radical (unpaired) electrons. The Morgan fingerprint density at radius 2 is 1.74 bits per heavy atom. The van der Waals surface area contributed by atoms with Crippen molar-refractivity contribution in [3.63, 3.8) is 0 Å². The molecule has 1 N–H and O–H groups in total. The van der Waals surface area contributed by atoms with Gasteiger partial charge in [0.1, 0.15) is 11.5 Å². The minimum atomic E-state index is 0.577. The molecule has 0 amide bonds. The average molecular weight is 275 g/mol. The molecule has 102 valence electrons. The van der Waals surface area contributed by atoms with Gasteiger partial charge in [0.05, 0.1) is 12.3 Å². The maximum absolute atomic E-state index is 5.72. The molecule has 0 saturated heterocycles. The number of rotatable bonds is 6. The summed E-state index contributed by atoms with van der Waals surface area (Å²) in [4.78, 5) is 0. The third-order valence-electron chi connectivity index (χ3n) is 3.05. The number of hydrogen-bond acceptors (Lipinski definition) is 3. The normalized spacial score (nSPS) is 10.9. The third kappa shape index (κ3) is 4.06. The number of nitrogens with one attached hydrogen (secondary N) is 1. The van der Waals surface area contributed by atoms with E-state index in [-0.39, 0.29) is 0 Å². The lowest BCUT2D eigenvalue weighted by Gasteiger charge is -2.08. The summed E-state index contributed by atoms with van der Waals surface area (Å²) in [5.74, 6) is 3.54. The number of hydrogen-bond donors (Lipinski definition) is 1. The maximum atomic E-state index is 5.72. The zero-order valence-corrected chi connectivity index (χ0v) is 12.6. The molecule has 0 atom stereocenters. The molecule has 1 heterocycles. The third-order valence-corrected chi connectivity index (χ3v) is 3.62. The molecule has 2 rings (SSSR count). The van der Waals surface area contributed by atoms with Crippen LogP contribution in [0.15, 0.2) is 40.8 Å². The van der Waals surface area contributed by atoms with Crippen LogP contribution in [-0.2, 0) is 12.3 Å². The molecule has 0 spiro atoms. The van der Waals surface area contributed by atoms with Gasteiger partial charge in [0.2, 0.25) is 0 Å². The van der Waals surface area contributed by atoms with E-state index in [9.17, 15) is 0 Å². The molecule has 0 aliphatic rings. The summed E-state index contributed by atoms with van der Waals surface area (Å²) in [6, 6.07) is 12.7. The lowest BCUT2D eigenvalue weighted by Crippen LogP contribution is -1.98. The summed E-state index contributed by atoms with van der Waals surface area (Å²) in [5.41, 5.74) is 2.50. The molecule has 0 fully saturated rings. The van der Waals surface area contributed by atoms with Crippen LogP contribution in [0.5, 0.6) is 0 Å². The second kappa shape index (κ2) is 6.71. The van der Waals surface area contributed by atoms with Crippen molar-refractivity contribution in [1.82, 2.24) is 0 Å². The fourth-order valence-electron chi connectivity index (χ4n) is 1.91. The summed E-state index contributed by atoms with van der Waals surface area (Å²) in [6.07, 6.45) is 2.08. The van der Waals surface area contributed by atoms with Crippen LogP contribution >= 0.6 is 11.8 Å². The van der Waals surface area contributed by atoms with E-state index in [0.717, 1.165) is 29.5 Å². The van der Waals surface area contributed by atoms with E-state index in [0.29, 0.717) is 5.92 Å². The van der Waals surface area contributed by atoms with E-state index in [1.54, 1.807) is 11.8 Å². The van der Waals surface area contributed by atoms with Gasteiger partial charge in [-0.3, -0.25) is 0 Å². The van der Waals surface area contributed by atoms with Gasteiger partial charge in [0, 0.05) is 5.69 Å². The minimum Gasteiger partial charge on any atom is -0.463 e. The van der Waals surface area contributed by atoms with Gasteiger partial charge in [-0.05, 0) is 42.0 Å². The Morgan fingerprint density at radius 1 is 1.05 bits per heavy atom. The van der Waals surface area contributed by atoms with Crippen molar-refractivity contribution < 1.29 is 4.42 Å². The first-order valence-electron chi connectivity index (χ1n) is 6.59. The summed E-state index contributed by atoms with van der Waals surface area (Å²) >= 11 is 1.77. The lowest BCUT2D eigenvalue weighted by molar-refractivity contribution is 0.487. The second-order valence-electron chi connectivity index (χ2n) is 4.93. The van der Waals surface area contributed by atoms with Crippen molar-refractivity contribution in [3.8, 4) is 0 Å². The van der Waals surface area contributed by atoms with Crippen molar-refractivity contribution in [3.05, 3.63) is 53.5 Å². The summed E-state index contributed by atoms with van der Waals surface area (Å²) in [6.45, 7) is 5.15. The van der Waals surface area contributed by atoms with E-state index in [1.807, 2.05) is 6.07 Å². The van der Waals surface area contributed by atoms with Crippen LogP contribution in [-0.4, -0.2) is 6.26 Å². The van der Waals surface area contributed by atoms with Crippen LogP contribution in [0.4, 0.5) is 5.69 Å². The number of furan rings is 1. The molecule has 0 aliphatic carbocycles. The van der Waals surface area contributed by atoms with Crippen molar-refractivity contribution in [2.24, 2.45) is 0 Å². The standard InChI is InChI=1S/C16H21NOS/c1-12(2)13-4-6-14(7-5-13)17-10-15-8-9-16(18-15)11-19-3/h4-9,12,17H,10-11H2,1-3H3. The monoisotopic (exact) mass is 275 g/mol. The summed E-state index contributed by atoms with van der Waals surface area (Å²) in [5, 5.41) is 3.38. The summed E-state index contributed by atoms with van der Waals surface area (Å²) < 4.78 is 5.72. The number of benzene rings is 1. The Kier molecular flexibility index (Phi) is 4.97. The molecule has 0 bridgehead atoms. The van der Waals surface area contributed by atoms with Gasteiger partial charge in [0.15, 0.2) is 0 Å². The van der Waals surface area contributed by atoms with Crippen molar-refractivity contribution >= 4 is 17.4 Å². The predicted octanol–water partition coefficient (Wildman–Crippen LogP) is 4.88. The number of anilines is 1. The summed E-state index contributed by atoms with van der Waals surface area (Å²) in [7, 11) is 0. The largest absolute Gasteiger partial charge is 0.463 e. The van der Waals surface area contributed by atoms with Crippen LogP contribution in [0.1, 0.15) is 36.8 Å². The number of thioether (sulfide) groups is 1. The van der Waals surface area contributed by atoms with Gasteiger partial charge >= 0.3 is 0 Å².